The average molecular weight is 340 g/mol. The van der Waals surface area contributed by atoms with Crippen molar-refractivity contribution in [3.63, 3.8) is 0 Å². The molecule has 0 aliphatic carbocycles. The van der Waals surface area contributed by atoms with Crippen molar-refractivity contribution in [2.75, 3.05) is 37.8 Å². The molecule has 2 rings (SSSR count). The Balaban J connectivity index is 2.13. The lowest BCUT2D eigenvalue weighted by Crippen LogP contribution is -2.22. The number of halogens is 3. The van der Waals surface area contributed by atoms with Gasteiger partial charge in [-0.3, -0.25) is 4.98 Å². The number of nitrogens with one attached hydrogen (secondary N) is 2. The van der Waals surface area contributed by atoms with Gasteiger partial charge in [-0.2, -0.15) is 18.2 Å². The minimum absolute atomic E-state index is 0.0600. The maximum Gasteiger partial charge on any atom is 0.433 e. The molecule has 2 N–H and O–H groups in total. The van der Waals surface area contributed by atoms with Crippen LogP contribution in [0.1, 0.15) is 11.4 Å². The number of rotatable bonds is 7. The van der Waals surface area contributed by atoms with Gasteiger partial charge in [-0.05, 0) is 26.2 Å². The maximum absolute atomic E-state index is 13.0. The Morgan fingerprint density at radius 2 is 1.92 bits per heavy atom. The molecule has 0 spiro atoms. The van der Waals surface area contributed by atoms with E-state index >= 15 is 0 Å². The van der Waals surface area contributed by atoms with Gasteiger partial charge >= 0.3 is 6.18 Å². The van der Waals surface area contributed by atoms with Crippen LogP contribution in [0.15, 0.2) is 30.5 Å². The lowest BCUT2D eigenvalue weighted by atomic mass is 10.3. The van der Waals surface area contributed by atoms with Crippen LogP contribution in [-0.2, 0) is 12.7 Å². The molecule has 0 saturated carbocycles. The number of pyridine rings is 1. The molecule has 9 heteroatoms. The monoisotopic (exact) mass is 340 g/mol. The molecule has 0 amide bonds. The van der Waals surface area contributed by atoms with Crippen molar-refractivity contribution in [2.45, 2.75) is 12.7 Å². The van der Waals surface area contributed by atoms with Crippen LogP contribution in [0, 0.1) is 0 Å². The molecule has 0 saturated heterocycles. The summed E-state index contributed by atoms with van der Waals surface area (Å²) in [6.45, 7) is 1.36. The molecule has 130 valence electrons. The lowest BCUT2D eigenvalue weighted by molar-refractivity contribution is -0.141. The molecule has 0 atom stereocenters. The van der Waals surface area contributed by atoms with Gasteiger partial charge in [0.15, 0.2) is 5.69 Å². The number of hydrogen-bond donors (Lipinski definition) is 2. The molecule has 0 fully saturated rings. The van der Waals surface area contributed by atoms with Gasteiger partial charge in [-0.1, -0.05) is 6.07 Å². The van der Waals surface area contributed by atoms with Crippen LogP contribution in [0.4, 0.5) is 24.9 Å². The second kappa shape index (κ2) is 7.91. The van der Waals surface area contributed by atoms with Crippen molar-refractivity contribution in [1.29, 1.82) is 0 Å². The van der Waals surface area contributed by atoms with Crippen LogP contribution >= 0.6 is 0 Å². The fraction of sp³-hybridized carbons (Fsp3) is 0.400. The van der Waals surface area contributed by atoms with E-state index < -0.39 is 11.9 Å². The Kier molecular flexibility index (Phi) is 5.91. The number of likely N-dealkylation sites (N-methyl/N-ethyl adjacent to an activating group) is 1. The highest BCUT2D eigenvalue weighted by atomic mass is 19.4. The molecule has 2 aromatic rings. The lowest BCUT2D eigenvalue weighted by Gasteiger charge is -2.14. The van der Waals surface area contributed by atoms with Gasteiger partial charge < -0.3 is 15.5 Å². The third-order valence-electron chi connectivity index (χ3n) is 3.04. The zero-order chi connectivity index (χ0) is 17.6. The molecule has 2 aromatic heterocycles. The van der Waals surface area contributed by atoms with Crippen molar-refractivity contribution in [3.8, 4) is 0 Å². The Bertz CT molecular complexity index is 645. The zero-order valence-electron chi connectivity index (χ0n) is 13.4. The molecule has 24 heavy (non-hydrogen) atoms. The minimum atomic E-state index is -4.54. The van der Waals surface area contributed by atoms with E-state index in [-0.39, 0.29) is 18.3 Å². The van der Waals surface area contributed by atoms with E-state index in [9.17, 15) is 13.2 Å². The summed E-state index contributed by atoms with van der Waals surface area (Å²) in [5.41, 5.74) is -0.292. The first-order valence-corrected chi connectivity index (χ1v) is 7.33. The SMILES string of the molecule is CN(C)CCNc1nc(NCc2ccccn2)cc(C(F)(F)F)n1. The normalized spacial score (nSPS) is 11.6. The molecule has 0 aliphatic heterocycles. The van der Waals surface area contributed by atoms with Gasteiger partial charge in [0.25, 0.3) is 0 Å². The number of alkyl halides is 3. The standard InChI is InChI=1S/C15H19F3N6/c1-24(2)8-7-20-14-22-12(15(16,17)18)9-13(23-14)21-10-11-5-3-4-6-19-11/h3-6,9H,7-8,10H2,1-2H3,(H2,20,21,22,23). The van der Waals surface area contributed by atoms with Crippen LogP contribution in [0.5, 0.6) is 0 Å². The quantitative estimate of drug-likeness (QED) is 0.807. The largest absolute Gasteiger partial charge is 0.433 e. The molecule has 0 bridgehead atoms. The summed E-state index contributed by atoms with van der Waals surface area (Å²) in [6, 6.07) is 6.23. The first kappa shape index (κ1) is 17.9. The molecule has 0 aromatic carbocycles. The van der Waals surface area contributed by atoms with Crippen LogP contribution in [0.25, 0.3) is 0 Å². The number of anilines is 2. The fourth-order valence-corrected chi connectivity index (χ4v) is 1.84. The fourth-order valence-electron chi connectivity index (χ4n) is 1.84. The molecule has 6 nitrogen and oxygen atoms in total. The molecule has 0 radical (unpaired) electrons. The van der Waals surface area contributed by atoms with Gasteiger partial charge in [0.2, 0.25) is 5.95 Å². The first-order chi connectivity index (χ1) is 11.3. The second-order valence-corrected chi connectivity index (χ2v) is 5.36. The van der Waals surface area contributed by atoms with Gasteiger partial charge in [0.05, 0.1) is 12.2 Å². The highest BCUT2D eigenvalue weighted by molar-refractivity contribution is 5.43. The predicted molar refractivity (Wildman–Crippen MR) is 85.6 cm³/mol. The summed E-state index contributed by atoms with van der Waals surface area (Å²) in [7, 11) is 3.74. The van der Waals surface area contributed by atoms with Gasteiger partial charge in [-0.25, -0.2) is 4.98 Å². The molecule has 0 unspecified atom stereocenters. The summed E-state index contributed by atoms with van der Waals surface area (Å²) in [4.78, 5) is 13.6. The van der Waals surface area contributed by atoms with Crippen LogP contribution < -0.4 is 10.6 Å². The van der Waals surface area contributed by atoms with E-state index in [1.165, 1.54) is 0 Å². The predicted octanol–water partition coefficient (Wildman–Crippen LogP) is 2.48. The number of nitrogens with zero attached hydrogens (tertiary/aromatic N) is 4. The number of aromatic nitrogens is 3. The summed E-state index contributed by atoms with van der Waals surface area (Å²) in [6.07, 6.45) is -2.92. The summed E-state index contributed by atoms with van der Waals surface area (Å²) < 4.78 is 39.0. The highest BCUT2D eigenvalue weighted by Gasteiger charge is 2.33. The zero-order valence-corrected chi connectivity index (χ0v) is 13.4. The Hall–Kier alpha value is -2.42. The molecular weight excluding hydrogens is 321 g/mol. The van der Waals surface area contributed by atoms with Crippen LogP contribution in [0.2, 0.25) is 0 Å². The van der Waals surface area contributed by atoms with Gasteiger partial charge in [0.1, 0.15) is 5.82 Å². The highest BCUT2D eigenvalue weighted by Crippen LogP contribution is 2.29. The van der Waals surface area contributed by atoms with E-state index in [4.69, 9.17) is 0 Å². The van der Waals surface area contributed by atoms with E-state index in [1.54, 1.807) is 24.4 Å². The number of hydrogen-bond acceptors (Lipinski definition) is 6. The molecule has 2 heterocycles. The molecular formula is C15H19F3N6. The molecule has 0 aliphatic rings. The topological polar surface area (TPSA) is 66.0 Å². The Morgan fingerprint density at radius 1 is 1.12 bits per heavy atom. The Labute approximate surface area is 138 Å². The third-order valence-corrected chi connectivity index (χ3v) is 3.04. The van der Waals surface area contributed by atoms with Gasteiger partial charge in [-0.15, -0.1) is 0 Å². The third kappa shape index (κ3) is 5.65. The summed E-state index contributed by atoms with van der Waals surface area (Å²) in [5, 5.41) is 5.66. The minimum Gasteiger partial charge on any atom is -0.364 e. The Morgan fingerprint density at radius 3 is 2.54 bits per heavy atom. The summed E-state index contributed by atoms with van der Waals surface area (Å²) >= 11 is 0. The average Bonchev–Trinajstić information content (AvgIpc) is 2.52. The van der Waals surface area contributed by atoms with E-state index in [2.05, 4.69) is 25.6 Å². The first-order valence-electron chi connectivity index (χ1n) is 7.33. The van der Waals surface area contributed by atoms with Crippen molar-refractivity contribution >= 4 is 11.8 Å². The van der Waals surface area contributed by atoms with Crippen LogP contribution in [-0.4, -0.2) is 47.0 Å². The van der Waals surface area contributed by atoms with Gasteiger partial charge in [0, 0.05) is 25.4 Å². The van der Waals surface area contributed by atoms with Crippen LogP contribution in [0.3, 0.4) is 0 Å². The van der Waals surface area contributed by atoms with E-state index in [0.29, 0.717) is 18.8 Å². The van der Waals surface area contributed by atoms with Crippen molar-refractivity contribution in [3.05, 3.63) is 41.9 Å². The van der Waals surface area contributed by atoms with Crippen molar-refractivity contribution < 1.29 is 13.2 Å². The van der Waals surface area contributed by atoms with E-state index in [0.717, 1.165) is 6.07 Å². The maximum atomic E-state index is 13.0. The second-order valence-electron chi connectivity index (χ2n) is 5.36. The summed E-state index contributed by atoms with van der Waals surface area (Å²) in [5.74, 6) is 0.0329. The van der Waals surface area contributed by atoms with Crippen molar-refractivity contribution in [1.82, 2.24) is 19.9 Å². The van der Waals surface area contributed by atoms with Crippen molar-refractivity contribution in [2.24, 2.45) is 0 Å². The smallest absolute Gasteiger partial charge is 0.364 e. The van der Waals surface area contributed by atoms with E-state index in [1.807, 2.05) is 19.0 Å².